The van der Waals surface area contributed by atoms with Gasteiger partial charge >= 0.3 is 0 Å². The van der Waals surface area contributed by atoms with Crippen molar-refractivity contribution < 1.29 is 4.79 Å². The van der Waals surface area contributed by atoms with E-state index in [1.165, 1.54) is 17.2 Å². The lowest BCUT2D eigenvalue weighted by Gasteiger charge is -2.24. The van der Waals surface area contributed by atoms with Crippen LogP contribution in [0.15, 0.2) is 29.1 Å². The zero-order valence-electron chi connectivity index (χ0n) is 15.6. The van der Waals surface area contributed by atoms with Crippen molar-refractivity contribution in [2.45, 2.75) is 38.3 Å². The Morgan fingerprint density at radius 1 is 1.41 bits per heavy atom. The number of rotatable bonds is 4. The number of aromatic nitrogens is 2. The standard InChI is InChI=1S/C20H25N5O2/c1-24(11-14-10-18(26)23-20(21)22-14)15-8-9-25(12-15)19(27)17-7-3-5-13-4-2-6-16(13)17/h3,5,7,10,15H,2,4,6,8-9,11-12H2,1H3,(H3,21,22,23,26)/t15-/m0/s1. The molecule has 0 bridgehead atoms. The number of aromatic amines is 1. The van der Waals surface area contributed by atoms with E-state index in [1.54, 1.807) is 0 Å². The Morgan fingerprint density at radius 3 is 3.07 bits per heavy atom. The van der Waals surface area contributed by atoms with Gasteiger partial charge in [-0.25, -0.2) is 4.98 Å². The van der Waals surface area contributed by atoms with E-state index in [2.05, 4.69) is 20.9 Å². The van der Waals surface area contributed by atoms with Crippen LogP contribution in [0.5, 0.6) is 0 Å². The molecular formula is C20H25N5O2. The van der Waals surface area contributed by atoms with Crippen LogP contribution in [0.3, 0.4) is 0 Å². The smallest absolute Gasteiger partial charge is 0.254 e. The van der Waals surface area contributed by atoms with Crippen LogP contribution in [-0.4, -0.2) is 51.9 Å². The van der Waals surface area contributed by atoms with Gasteiger partial charge in [-0.2, -0.15) is 0 Å². The molecule has 2 heterocycles. The summed E-state index contributed by atoms with van der Waals surface area (Å²) in [6, 6.07) is 7.82. The number of likely N-dealkylation sites (N-methyl/N-ethyl adjacent to an activating group) is 1. The van der Waals surface area contributed by atoms with Crippen molar-refractivity contribution in [3.8, 4) is 0 Å². The molecule has 142 valence electrons. The van der Waals surface area contributed by atoms with Gasteiger partial charge in [0, 0.05) is 37.3 Å². The number of anilines is 1. The van der Waals surface area contributed by atoms with Crippen LogP contribution in [0, 0.1) is 0 Å². The monoisotopic (exact) mass is 367 g/mol. The number of hydrogen-bond donors (Lipinski definition) is 2. The fourth-order valence-electron chi connectivity index (χ4n) is 4.27. The molecule has 0 saturated carbocycles. The summed E-state index contributed by atoms with van der Waals surface area (Å²) >= 11 is 0. The van der Waals surface area contributed by atoms with E-state index in [0.29, 0.717) is 18.8 Å². The first-order chi connectivity index (χ1) is 13.0. The van der Waals surface area contributed by atoms with E-state index in [-0.39, 0.29) is 23.5 Å². The second-order valence-corrected chi connectivity index (χ2v) is 7.53. The van der Waals surface area contributed by atoms with E-state index in [0.717, 1.165) is 37.8 Å². The molecule has 7 heteroatoms. The molecule has 0 radical (unpaired) electrons. The van der Waals surface area contributed by atoms with Crippen molar-refractivity contribution in [1.82, 2.24) is 19.8 Å². The van der Waals surface area contributed by atoms with Crippen molar-refractivity contribution >= 4 is 11.9 Å². The number of aryl methyl sites for hydroxylation is 1. The van der Waals surface area contributed by atoms with Gasteiger partial charge in [-0.05, 0) is 49.9 Å². The molecule has 2 aliphatic rings. The molecule has 1 aromatic heterocycles. The fraction of sp³-hybridized carbons (Fsp3) is 0.450. The molecule has 1 atom stereocenters. The summed E-state index contributed by atoms with van der Waals surface area (Å²) in [5, 5.41) is 0. The molecule has 1 amide bonds. The Bertz CT molecular complexity index is 923. The lowest BCUT2D eigenvalue weighted by molar-refractivity contribution is 0.0778. The number of nitrogens with two attached hydrogens (primary N) is 1. The van der Waals surface area contributed by atoms with E-state index in [1.807, 2.05) is 24.1 Å². The number of benzene rings is 1. The topological polar surface area (TPSA) is 95.3 Å². The second-order valence-electron chi connectivity index (χ2n) is 7.53. The number of carbonyl (C=O) groups excluding carboxylic acids is 1. The summed E-state index contributed by atoms with van der Waals surface area (Å²) < 4.78 is 0. The predicted octanol–water partition coefficient (Wildman–Crippen LogP) is 1.19. The molecule has 2 aromatic rings. The third-order valence-electron chi connectivity index (χ3n) is 5.67. The van der Waals surface area contributed by atoms with Crippen molar-refractivity contribution in [3.63, 3.8) is 0 Å². The molecule has 7 nitrogen and oxygen atoms in total. The Kier molecular flexibility index (Phi) is 4.70. The first-order valence-corrected chi connectivity index (χ1v) is 9.47. The molecule has 1 aliphatic carbocycles. The molecule has 0 spiro atoms. The van der Waals surface area contributed by atoms with Crippen LogP contribution < -0.4 is 11.3 Å². The Hall–Kier alpha value is -2.67. The lowest BCUT2D eigenvalue weighted by atomic mass is 10.0. The summed E-state index contributed by atoms with van der Waals surface area (Å²) in [5.41, 5.74) is 9.46. The number of nitrogen functional groups attached to an aromatic ring is 1. The van der Waals surface area contributed by atoms with Crippen molar-refractivity contribution in [2.75, 3.05) is 25.9 Å². The largest absolute Gasteiger partial charge is 0.369 e. The average molecular weight is 367 g/mol. The summed E-state index contributed by atoms with van der Waals surface area (Å²) in [5.74, 6) is 0.273. The zero-order valence-corrected chi connectivity index (χ0v) is 15.6. The zero-order chi connectivity index (χ0) is 19.0. The molecule has 4 rings (SSSR count). The fourth-order valence-corrected chi connectivity index (χ4v) is 4.27. The van der Waals surface area contributed by atoms with Gasteiger partial charge in [-0.3, -0.25) is 19.5 Å². The molecule has 1 aliphatic heterocycles. The van der Waals surface area contributed by atoms with Crippen molar-refractivity contribution in [3.05, 3.63) is 57.0 Å². The predicted molar refractivity (Wildman–Crippen MR) is 104 cm³/mol. The molecule has 3 N–H and O–H groups in total. The number of fused-ring (bicyclic) bond motifs is 1. The summed E-state index contributed by atoms with van der Waals surface area (Å²) in [6.45, 7) is 1.97. The van der Waals surface area contributed by atoms with E-state index < -0.39 is 0 Å². The highest BCUT2D eigenvalue weighted by atomic mass is 16.2. The maximum absolute atomic E-state index is 13.1. The Labute approximate surface area is 158 Å². The quantitative estimate of drug-likeness (QED) is 0.846. The van der Waals surface area contributed by atoms with E-state index >= 15 is 0 Å². The minimum absolute atomic E-state index is 0.132. The first kappa shape index (κ1) is 17.7. The van der Waals surface area contributed by atoms with Gasteiger partial charge in [0.25, 0.3) is 11.5 Å². The minimum atomic E-state index is -0.243. The Balaban J connectivity index is 1.43. The molecular weight excluding hydrogens is 342 g/mol. The van der Waals surface area contributed by atoms with Crippen LogP contribution >= 0.6 is 0 Å². The van der Waals surface area contributed by atoms with Crippen molar-refractivity contribution in [1.29, 1.82) is 0 Å². The van der Waals surface area contributed by atoms with Crippen LogP contribution in [-0.2, 0) is 19.4 Å². The molecule has 27 heavy (non-hydrogen) atoms. The number of hydrogen-bond acceptors (Lipinski definition) is 5. The van der Waals surface area contributed by atoms with Gasteiger partial charge in [-0.1, -0.05) is 12.1 Å². The van der Waals surface area contributed by atoms with Gasteiger partial charge in [0.05, 0.1) is 5.69 Å². The maximum Gasteiger partial charge on any atom is 0.254 e. The summed E-state index contributed by atoms with van der Waals surface area (Å²) in [4.78, 5) is 35.3. The number of H-pyrrole nitrogens is 1. The first-order valence-electron chi connectivity index (χ1n) is 9.47. The summed E-state index contributed by atoms with van der Waals surface area (Å²) in [7, 11) is 2.00. The van der Waals surface area contributed by atoms with Crippen LogP contribution in [0.4, 0.5) is 5.95 Å². The van der Waals surface area contributed by atoms with E-state index in [9.17, 15) is 9.59 Å². The average Bonchev–Trinajstić information content (AvgIpc) is 3.29. The molecule has 0 unspecified atom stereocenters. The highest BCUT2D eigenvalue weighted by Gasteiger charge is 2.31. The highest BCUT2D eigenvalue weighted by Crippen LogP contribution is 2.27. The summed E-state index contributed by atoms with van der Waals surface area (Å²) in [6.07, 6.45) is 4.13. The third-order valence-corrected chi connectivity index (χ3v) is 5.67. The normalized spacial score (nSPS) is 18.9. The maximum atomic E-state index is 13.1. The Morgan fingerprint density at radius 2 is 2.26 bits per heavy atom. The molecule has 1 saturated heterocycles. The lowest BCUT2D eigenvalue weighted by Crippen LogP contribution is -2.36. The van der Waals surface area contributed by atoms with Crippen LogP contribution in [0.1, 0.15) is 40.0 Å². The van der Waals surface area contributed by atoms with E-state index in [4.69, 9.17) is 5.73 Å². The second kappa shape index (κ2) is 7.15. The molecule has 1 aromatic carbocycles. The van der Waals surface area contributed by atoms with Gasteiger partial charge in [0.1, 0.15) is 0 Å². The number of nitrogens with one attached hydrogen (secondary N) is 1. The van der Waals surface area contributed by atoms with Gasteiger partial charge in [0.2, 0.25) is 5.95 Å². The third kappa shape index (κ3) is 3.60. The SMILES string of the molecule is CN(Cc1cc(=O)[nH]c(N)n1)[C@H]1CCN(C(=O)c2cccc3c2CCC3)C1. The number of amides is 1. The highest BCUT2D eigenvalue weighted by molar-refractivity contribution is 5.96. The van der Waals surface area contributed by atoms with Crippen LogP contribution in [0.2, 0.25) is 0 Å². The van der Waals surface area contributed by atoms with Gasteiger partial charge in [0.15, 0.2) is 0 Å². The van der Waals surface area contributed by atoms with Crippen LogP contribution in [0.25, 0.3) is 0 Å². The number of nitrogens with zero attached hydrogens (tertiary/aromatic N) is 3. The molecule has 1 fully saturated rings. The number of carbonyl (C=O) groups is 1. The van der Waals surface area contributed by atoms with Gasteiger partial charge in [-0.15, -0.1) is 0 Å². The number of likely N-dealkylation sites (tertiary alicyclic amines) is 1. The van der Waals surface area contributed by atoms with Gasteiger partial charge < -0.3 is 10.6 Å². The van der Waals surface area contributed by atoms with Crippen molar-refractivity contribution in [2.24, 2.45) is 0 Å². The minimum Gasteiger partial charge on any atom is -0.369 e.